The van der Waals surface area contributed by atoms with Crippen molar-refractivity contribution in [3.05, 3.63) is 23.8 Å². The van der Waals surface area contributed by atoms with Gasteiger partial charge in [0.25, 0.3) is 0 Å². The predicted octanol–water partition coefficient (Wildman–Crippen LogP) is 1.25. The van der Waals surface area contributed by atoms with Gasteiger partial charge >= 0.3 is 0 Å². The second-order valence-electron chi connectivity index (χ2n) is 3.26. The lowest BCUT2D eigenvalue weighted by Crippen LogP contribution is -2.05. The van der Waals surface area contributed by atoms with E-state index < -0.39 is 0 Å². The summed E-state index contributed by atoms with van der Waals surface area (Å²) >= 11 is 0. The minimum Gasteiger partial charge on any atom is -0.487 e. The summed E-state index contributed by atoms with van der Waals surface area (Å²) in [6.07, 6.45) is 0. The van der Waals surface area contributed by atoms with Gasteiger partial charge in [0.1, 0.15) is 18.3 Å². The molecule has 0 radical (unpaired) electrons. The average Bonchev–Trinajstić information content (AvgIpc) is 2.59. The molecule has 1 aliphatic heterocycles. The fourth-order valence-corrected chi connectivity index (χ4v) is 1.48. The third-order valence-corrected chi connectivity index (χ3v) is 2.12. The van der Waals surface area contributed by atoms with E-state index in [4.69, 9.17) is 4.74 Å². The molecule has 1 aromatic rings. The van der Waals surface area contributed by atoms with Crippen LogP contribution in [0.25, 0.3) is 5.57 Å². The quantitative estimate of drug-likeness (QED) is 0.699. The highest BCUT2D eigenvalue weighted by Gasteiger charge is 2.18. The van der Waals surface area contributed by atoms with Crippen molar-refractivity contribution >= 4 is 23.1 Å². The summed E-state index contributed by atoms with van der Waals surface area (Å²) in [6, 6.07) is 5.17. The number of hydrogen-bond donors (Lipinski definition) is 1. The molecule has 0 fully saturated rings. The van der Waals surface area contributed by atoms with Crippen molar-refractivity contribution in [2.75, 3.05) is 11.9 Å². The fraction of sp³-hybridized carbons (Fsp3) is 0.182. The first-order valence-corrected chi connectivity index (χ1v) is 4.49. The van der Waals surface area contributed by atoms with E-state index in [1.807, 2.05) is 5.94 Å². The van der Waals surface area contributed by atoms with Gasteiger partial charge in [0, 0.05) is 18.2 Å². The van der Waals surface area contributed by atoms with Crippen LogP contribution in [0.2, 0.25) is 0 Å². The summed E-state index contributed by atoms with van der Waals surface area (Å²) in [5.74, 6) is 2.34. The molecule has 1 heterocycles. The summed E-state index contributed by atoms with van der Waals surface area (Å²) in [5, 5.41) is 2.64. The van der Waals surface area contributed by atoms with E-state index in [1.54, 1.807) is 18.2 Å². The number of ether oxygens (including phenoxy) is 1. The van der Waals surface area contributed by atoms with E-state index in [0.717, 1.165) is 0 Å². The van der Waals surface area contributed by atoms with Crippen LogP contribution < -0.4 is 10.1 Å². The molecule has 1 N–H and O–H groups in total. The molecule has 0 aromatic heterocycles. The molecule has 0 atom stereocenters. The first-order valence-electron chi connectivity index (χ1n) is 4.49. The van der Waals surface area contributed by atoms with Gasteiger partial charge in [-0.3, -0.25) is 4.79 Å². The second-order valence-corrected chi connectivity index (χ2v) is 3.26. The Morgan fingerprint density at radius 3 is 3.00 bits per heavy atom. The van der Waals surface area contributed by atoms with Gasteiger partial charge in [0.2, 0.25) is 5.91 Å². The summed E-state index contributed by atoms with van der Waals surface area (Å²) in [5.41, 5.74) is 1.84. The third kappa shape index (κ3) is 1.75. The molecule has 76 valence electrons. The Morgan fingerprint density at radius 1 is 1.53 bits per heavy atom. The SMILES string of the molecule is CC(=O)Nc1ccc2c(c1)C(=C=O)CO2. The number of carbonyl (C=O) groups is 1. The Hall–Kier alpha value is -2.06. The molecule has 0 saturated carbocycles. The monoisotopic (exact) mass is 203 g/mol. The van der Waals surface area contributed by atoms with Gasteiger partial charge in [-0.15, -0.1) is 0 Å². The Kier molecular flexibility index (Phi) is 2.27. The van der Waals surface area contributed by atoms with Gasteiger partial charge in [0.05, 0.1) is 5.57 Å². The molecule has 1 aliphatic rings. The first kappa shape index (κ1) is 9.49. The van der Waals surface area contributed by atoms with Crippen molar-refractivity contribution < 1.29 is 14.3 Å². The highest BCUT2D eigenvalue weighted by molar-refractivity contribution is 5.95. The zero-order valence-corrected chi connectivity index (χ0v) is 8.16. The van der Waals surface area contributed by atoms with Crippen molar-refractivity contribution in [3.8, 4) is 5.75 Å². The van der Waals surface area contributed by atoms with Crippen LogP contribution in [0.4, 0.5) is 5.69 Å². The minimum absolute atomic E-state index is 0.148. The number of amides is 1. The van der Waals surface area contributed by atoms with Crippen LogP contribution in [0, 0.1) is 0 Å². The number of fused-ring (bicyclic) bond motifs is 1. The van der Waals surface area contributed by atoms with Gasteiger partial charge in [-0.05, 0) is 18.2 Å². The summed E-state index contributed by atoms with van der Waals surface area (Å²) < 4.78 is 5.25. The van der Waals surface area contributed by atoms with E-state index in [-0.39, 0.29) is 12.5 Å². The number of hydrogen-bond acceptors (Lipinski definition) is 3. The standard InChI is InChI=1S/C11H9NO3/c1-7(14)12-9-2-3-11-10(4-9)8(5-13)6-15-11/h2-4H,6H2,1H3,(H,12,14). The molecule has 1 aromatic carbocycles. The van der Waals surface area contributed by atoms with E-state index in [2.05, 4.69) is 5.32 Å². The molecule has 4 nitrogen and oxygen atoms in total. The average molecular weight is 203 g/mol. The largest absolute Gasteiger partial charge is 0.487 e. The van der Waals surface area contributed by atoms with Crippen LogP contribution in [0.5, 0.6) is 5.75 Å². The van der Waals surface area contributed by atoms with Crippen molar-refractivity contribution in [2.45, 2.75) is 6.92 Å². The first-order chi connectivity index (χ1) is 7.20. The van der Waals surface area contributed by atoms with Gasteiger partial charge in [-0.1, -0.05) is 0 Å². The maximum Gasteiger partial charge on any atom is 0.221 e. The van der Waals surface area contributed by atoms with Crippen molar-refractivity contribution in [1.82, 2.24) is 0 Å². The number of nitrogens with one attached hydrogen (secondary N) is 1. The Morgan fingerprint density at radius 2 is 2.33 bits per heavy atom. The Bertz CT molecular complexity index is 473. The molecular formula is C11H9NO3. The van der Waals surface area contributed by atoms with Crippen LogP contribution in [0.1, 0.15) is 12.5 Å². The van der Waals surface area contributed by atoms with Gasteiger partial charge < -0.3 is 10.1 Å². The molecule has 0 aliphatic carbocycles. The number of anilines is 1. The molecule has 0 spiro atoms. The Balaban J connectivity index is 2.41. The molecule has 0 bridgehead atoms. The molecule has 4 heteroatoms. The molecule has 0 saturated heterocycles. The van der Waals surface area contributed by atoms with Crippen LogP contribution in [0.15, 0.2) is 18.2 Å². The van der Waals surface area contributed by atoms with Gasteiger partial charge in [-0.25, -0.2) is 4.79 Å². The minimum atomic E-state index is -0.148. The van der Waals surface area contributed by atoms with Crippen LogP contribution >= 0.6 is 0 Å². The molecule has 2 rings (SSSR count). The van der Waals surface area contributed by atoms with Crippen LogP contribution in [-0.4, -0.2) is 18.5 Å². The summed E-state index contributed by atoms with van der Waals surface area (Å²) in [6.45, 7) is 1.68. The molecular weight excluding hydrogens is 194 g/mol. The summed E-state index contributed by atoms with van der Waals surface area (Å²) in [4.78, 5) is 21.4. The lowest BCUT2D eigenvalue weighted by Gasteiger charge is -2.03. The van der Waals surface area contributed by atoms with E-state index >= 15 is 0 Å². The van der Waals surface area contributed by atoms with Gasteiger partial charge in [-0.2, -0.15) is 0 Å². The predicted molar refractivity (Wildman–Crippen MR) is 55.3 cm³/mol. The lowest BCUT2D eigenvalue weighted by molar-refractivity contribution is -0.114. The number of rotatable bonds is 1. The van der Waals surface area contributed by atoms with E-state index in [0.29, 0.717) is 22.6 Å². The van der Waals surface area contributed by atoms with Crippen molar-refractivity contribution in [1.29, 1.82) is 0 Å². The van der Waals surface area contributed by atoms with Crippen molar-refractivity contribution in [3.63, 3.8) is 0 Å². The van der Waals surface area contributed by atoms with E-state index in [9.17, 15) is 9.59 Å². The zero-order valence-electron chi connectivity index (χ0n) is 8.16. The maximum absolute atomic E-state index is 10.8. The number of benzene rings is 1. The molecule has 1 amide bonds. The van der Waals surface area contributed by atoms with Crippen molar-refractivity contribution in [2.24, 2.45) is 0 Å². The van der Waals surface area contributed by atoms with Gasteiger partial charge in [0.15, 0.2) is 0 Å². The van der Waals surface area contributed by atoms with Crippen LogP contribution in [-0.2, 0) is 9.59 Å². The molecule has 0 unspecified atom stereocenters. The summed E-state index contributed by atoms with van der Waals surface area (Å²) in [7, 11) is 0. The smallest absolute Gasteiger partial charge is 0.221 e. The normalized spacial score (nSPS) is 12.7. The zero-order chi connectivity index (χ0) is 10.8. The Labute approximate surface area is 86.5 Å². The number of carbonyl (C=O) groups excluding carboxylic acids is 2. The van der Waals surface area contributed by atoms with Crippen LogP contribution in [0.3, 0.4) is 0 Å². The fourth-order valence-electron chi connectivity index (χ4n) is 1.48. The topological polar surface area (TPSA) is 55.4 Å². The maximum atomic E-state index is 10.8. The highest BCUT2D eigenvalue weighted by Crippen LogP contribution is 2.33. The second kappa shape index (κ2) is 3.59. The third-order valence-electron chi connectivity index (χ3n) is 2.12. The highest BCUT2D eigenvalue weighted by atomic mass is 16.5. The lowest BCUT2D eigenvalue weighted by atomic mass is 10.1. The molecule has 15 heavy (non-hydrogen) atoms. The van der Waals surface area contributed by atoms with E-state index in [1.165, 1.54) is 6.92 Å².